The zero-order valence-electron chi connectivity index (χ0n) is 14.1. The Morgan fingerprint density at radius 3 is 2.61 bits per heavy atom. The molecule has 1 atom stereocenters. The molecule has 0 aromatic carbocycles. The van der Waals surface area contributed by atoms with Crippen molar-refractivity contribution in [2.24, 2.45) is 5.41 Å². The molecule has 0 N–H and O–H groups in total. The molecule has 2 fully saturated rings. The molecule has 6 nitrogen and oxygen atoms in total. The lowest BCUT2D eigenvalue weighted by Crippen LogP contribution is -2.46. The van der Waals surface area contributed by atoms with Crippen LogP contribution in [0.4, 0.5) is 0 Å². The van der Waals surface area contributed by atoms with E-state index in [1.165, 1.54) is 0 Å². The summed E-state index contributed by atoms with van der Waals surface area (Å²) in [5.74, 6) is 0.429. The third-order valence-electron chi connectivity index (χ3n) is 5.44. The van der Waals surface area contributed by atoms with Gasteiger partial charge in [0.2, 0.25) is 11.8 Å². The molecule has 0 aliphatic carbocycles. The number of carbonyl (C=O) groups excluding carboxylic acids is 2. The second-order valence-corrected chi connectivity index (χ2v) is 6.82. The topological polar surface area (TPSA) is 58.4 Å². The zero-order valence-corrected chi connectivity index (χ0v) is 14.1. The van der Waals surface area contributed by atoms with E-state index in [2.05, 4.69) is 5.10 Å². The molecule has 2 aliphatic heterocycles. The van der Waals surface area contributed by atoms with Gasteiger partial charge in [-0.2, -0.15) is 5.10 Å². The first-order chi connectivity index (χ1) is 11.1. The van der Waals surface area contributed by atoms with Gasteiger partial charge in [-0.25, -0.2) is 0 Å². The van der Waals surface area contributed by atoms with E-state index in [-0.39, 0.29) is 23.3 Å². The van der Waals surface area contributed by atoms with Crippen LogP contribution in [0, 0.1) is 5.41 Å². The molecule has 6 heteroatoms. The molecule has 23 heavy (non-hydrogen) atoms. The van der Waals surface area contributed by atoms with Crippen molar-refractivity contribution in [2.75, 3.05) is 26.2 Å². The normalized spacial score (nSPS) is 21.9. The highest BCUT2D eigenvalue weighted by Gasteiger charge is 2.45. The fourth-order valence-electron chi connectivity index (χ4n) is 3.96. The predicted octanol–water partition coefficient (Wildman–Crippen LogP) is 1.70. The Morgan fingerprint density at radius 1 is 1.35 bits per heavy atom. The molecule has 0 radical (unpaired) electrons. The number of amides is 2. The molecular weight excluding hydrogens is 292 g/mol. The summed E-state index contributed by atoms with van der Waals surface area (Å²) in [6.45, 7) is 7.21. The molecule has 126 valence electrons. The van der Waals surface area contributed by atoms with Gasteiger partial charge in [-0.05, 0) is 32.3 Å². The van der Waals surface area contributed by atoms with Crippen molar-refractivity contribution in [3.8, 4) is 0 Å². The van der Waals surface area contributed by atoms with Gasteiger partial charge in [-0.15, -0.1) is 0 Å². The molecule has 2 amide bonds. The summed E-state index contributed by atoms with van der Waals surface area (Å²) >= 11 is 0. The van der Waals surface area contributed by atoms with Crippen molar-refractivity contribution >= 4 is 11.8 Å². The molecular formula is C17H26N4O2. The van der Waals surface area contributed by atoms with Crippen LogP contribution in [0.5, 0.6) is 0 Å². The highest BCUT2D eigenvalue weighted by molar-refractivity contribution is 5.81. The number of likely N-dealkylation sites (tertiary alicyclic amines) is 2. The molecule has 0 bridgehead atoms. The average molecular weight is 318 g/mol. The molecule has 3 rings (SSSR count). The Balaban J connectivity index is 1.63. The maximum absolute atomic E-state index is 12.8. The quantitative estimate of drug-likeness (QED) is 0.849. The summed E-state index contributed by atoms with van der Waals surface area (Å²) < 4.78 is 1.75. The summed E-state index contributed by atoms with van der Waals surface area (Å²) in [4.78, 5) is 28.8. The molecule has 1 spiro atoms. The van der Waals surface area contributed by atoms with Gasteiger partial charge in [0.15, 0.2) is 0 Å². The first-order valence-electron chi connectivity index (χ1n) is 8.64. The molecule has 1 aromatic rings. The van der Waals surface area contributed by atoms with E-state index in [1.807, 2.05) is 35.9 Å². The van der Waals surface area contributed by atoms with Crippen LogP contribution < -0.4 is 0 Å². The second kappa shape index (κ2) is 6.34. The van der Waals surface area contributed by atoms with Gasteiger partial charge < -0.3 is 9.80 Å². The molecule has 3 heterocycles. The van der Waals surface area contributed by atoms with Crippen molar-refractivity contribution < 1.29 is 9.59 Å². The first-order valence-corrected chi connectivity index (χ1v) is 8.64. The molecule has 0 saturated carbocycles. The number of carbonyl (C=O) groups is 2. The maximum atomic E-state index is 12.8. The SMILES string of the molecule is CC[C@H](C(=O)N1CCC2(CC1)CC(=O)N(CC)C2)n1cccn1. The van der Waals surface area contributed by atoms with Crippen LogP contribution in [-0.2, 0) is 9.59 Å². The minimum atomic E-state index is -0.212. The number of nitrogens with zero attached hydrogens (tertiary/aromatic N) is 4. The summed E-state index contributed by atoms with van der Waals surface area (Å²) in [6.07, 6.45) is 6.81. The fraction of sp³-hybridized carbons (Fsp3) is 0.706. The van der Waals surface area contributed by atoms with Gasteiger partial charge in [0.1, 0.15) is 6.04 Å². The number of piperidine rings is 1. The Kier molecular flexibility index (Phi) is 4.41. The smallest absolute Gasteiger partial charge is 0.247 e. The third kappa shape index (κ3) is 2.99. The lowest BCUT2D eigenvalue weighted by atomic mass is 9.77. The Labute approximate surface area is 137 Å². The molecule has 0 unspecified atom stereocenters. The van der Waals surface area contributed by atoms with Crippen LogP contribution in [0.15, 0.2) is 18.5 Å². The lowest BCUT2D eigenvalue weighted by Gasteiger charge is -2.39. The van der Waals surface area contributed by atoms with E-state index >= 15 is 0 Å². The van der Waals surface area contributed by atoms with Crippen LogP contribution in [-0.4, -0.2) is 57.6 Å². The zero-order chi connectivity index (χ0) is 16.4. The van der Waals surface area contributed by atoms with Gasteiger partial charge in [0.05, 0.1) is 0 Å². The van der Waals surface area contributed by atoms with Crippen LogP contribution in [0.3, 0.4) is 0 Å². The van der Waals surface area contributed by atoms with Gasteiger partial charge in [-0.3, -0.25) is 14.3 Å². The van der Waals surface area contributed by atoms with Crippen LogP contribution in [0.25, 0.3) is 0 Å². The van der Waals surface area contributed by atoms with Crippen molar-refractivity contribution in [1.29, 1.82) is 0 Å². The lowest BCUT2D eigenvalue weighted by molar-refractivity contribution is -0.137. The van der Waals surface area contributed by atoms with Crippen molar-refractivity contribution in [3.05, 3.63) is 18.5 Å². The summed E-state index contributed by atoms with van der Waals surface area (Å²) in [5, 5.41) is 4.22. The minimum Gasteiger partial charge on any atom is -0.342 e. The summed E-state index contributed by atoms with van der Waals surface area (Å²) in [7, 11) is 0. The van der Waals surface area contributed by atoms with E-state index in [0.29, 0.717) is 6.42 Å². The Bertz CT molecular complexity index is 561. The highest BCUT2D eigenvalue weighted by atomic mass is 16.2. The number of hydrogen-bond acceptors (Lipinski definition) is 3. The van der Waals surface area contributed by atoms with E-state index in [9.17, 15) is 9.59 Å². The van der Waals surface area contributed by atoms with Crippen LogP contribution in [0.2, 0.25) is 0 Å². The van der Waals surface area contributed by atoms with E-state index in [1.54, 1.807) is 10.9 Å². The van der Waals surface area contributed by atoms with E-state index in [0.717, 1.165) is 45.4 Å². The predicted molar refractivity (Wildman–Crippen MR) is 86.7 cm³/mol. The molecule has 2 saturated heterocycles. The van der Waals surface area contributed by atoms with Gasteiger partial charge in [-0.1, -0.05) is 6.92 Å². The fourth-order valence-corrected chi connectivity index (χ4v) is 3.96. The highest BCUT2D eigenvalue weighted by Crippen LogP contribution is 2.41. The van der Waals surface area contributed by atoms with Crippen molar-refractivity contribution in [3.63, 3.8) is 0 Å². The largest absolute Gasteiger partial charge is 0.342 e. The van der Waals surface area contributed by atoms with Gasteiger partial charge in [0, 0.05) is 50.4 Å². The van der Waals surface area contributed by atoms with E-state index in [4.69, 9.17) is 0 Å². The average Bonchev–Trinajstić information content (AvgIpc) is 3.17. The number of rotatable bonds is 4. The van der Waals surface area contributed by atoms with E-state index < -0.39 is 0 Å². The third-order valence-corrected chi connectivity index (χ3v) is 5.44. The van der Waals surface area contributed by atoms with Crippen molar-refractivity contribution in [1.82, 2.24) is 19.6 Å². The molecule has 2 aliphatic rings. The van der Waals surface area contributed by atoms with Gasteiger partial charge in [0.25, 0.3) is 0 Å². The Morgan fingerprint density at radius 2 is 2.09 bits per heavy atom. The van der Waals surface area contributed by atoms with Gasteiger partial charge >= 0.3 is 0 Å². The standard InChI is InChI=1S/C17H26N4O2/c1-3-14(21-9-5-8-18-21)16(23)20-10-6-17(7-11-20)12-15(22)19(4-2)13-17/h5,8-9,14H,3-4,6-7,10-13H2,1-2H3/t14-/m1/s1. The van der Waals surface area contributed by atoms with Crippen LogP contribution >= 0.6 is 0 Å². The van der Waals surface area contributed by atoms with Crippen molar-refractivity contribution in [2.45, 2.75) is 45.6 Å². The Hall–Kier alpha value is -1.85. The number of hydrogen-bond donors (Lipinski definition) is 0. The summed E-state index contributed by atoms with van der Waals surface area (Å²) in [5.41, 5.74) is 0.0945. The summed E-state index contributed by atoms with van der Waals surface area (Å²) in [6, 6.07) is 1.64. The first kappa shape index (κ1) is 16.0. The maximum Gasteiger partial charge on any atom is 0.247 e. The van der Waals surface area contributed by atoms with Crippen LogP contribution in [0.1, 0.15) is 45.6 Å². The second-order valence-electron chi connectivity index (χ2n) is 6.82. The minimum absolute atomic E-state index is 0.0945. The monoisotopic (exact) mass is 318 g/mol. The molecule has 1 aromatic heterocycles. The number of aromatic nitrogens is 2.